The minimum atomic E-state index is -4.10. The topological polar surface area (TPSA) is 110 Å². The highest BCUT2D eigenvalue weighted by molar-refractivity contribution is 7.92. The lowest BCUT2D eigenvalue weighted by Gasteiger charge is -2.14. The lowest BCUT2D eigenvalue weighted by Crippen LogP contribution is -2.13. The van der Waals surface area contributed by atoms with Crippen molar-refractivity contribution in [2.45, 2.75) is 21.6 Å². The molecular formula is C20H19NO6S2. The molecule has 0 saturated carbocycles. The number of sulfonamides is 1. The summed E-state index contributed by atoms with van der Waals surface area (Å²) >= 11 is 0. The van der Waals surface area contributed by atoms with Crippen molar-refractivity contribution in [2.24, 2.45) is 0 Å². The van der Waals surface area contributed by atoms with Gasteiger partial charge in [-0.25, -0.2) is 16.8 Å². The van der Waals surface area contributed by atoms with E-state index in [2.05, 4.69) is 4.72 Å². The van der Waals surface area contributed by atoms with Gasteiger partial charge in [-0.3, -0.25) is 4.72 Å². The van der Waals surface area contributed by atoms with E-state index in [1.165, 1.54) is 56.5 Å². The molecule has 9 heteroatoms. The maximum absolute atomic E-state index is 13.0. The maximum atomic E-state index is 13.0. The van der Waals surface area contributed by atoms with Crippen LogP contribution in [0.25, 0.3) is 0 Å². The first-order valence-corrected chi connectivity index (χ1v) is 11.4. The Hall–Kier alpha value is -3.04. The molecule has 0 aliphatic heterocycles. The number of hydrogen-bond acceptors (Lipinski definition) is 6. The standard InChI is InChI=1S/C20H19NO6S2/c1-14-12-15(21-29(25,26)18-6-4-3-5-7-18)13-19(20(14)22)28(23,24)17-10-8-16(27-2)9-11-17/h3-13,21-22H,1-2H3. The zero-order valence-corrected chi connectivity index (χ0v) is 17.3. The zero-order valence-electron chi connectivity index (χ0n) is 15.7. The van der Waals surface area contributed by atoms with Crippen LogP contribution >= 0.6 is 0 Å². The molecule has 0 saturated heterocycles. The van der Waals surface area contributed by atoms with Gasteiger partial charge in [0.05, 0.1) is 22.6 Å². The molecule has 0 spiro atoms. The van der Waals surface area contributed by atoms with Crippen molar-refractivity contribution in [1.82, 2.24) is 0 Å². The summed E-state index contributed by atoms with van der Waals surface area (Å²) in [5.74, 6) is 0.0391. The van der Waals surface area contributed by atoms with Gasteiger partial charge in [-0.2, -0.15) is 0 Å². The summed E-state index contributed by atoms with van der Waals surface area (Å²) in [5.41, 5.74) is 0.238. The molecule has 0 fully saturated rings. The lowest BCUT2D eigenvalue weighted by molar-refractivity contribution is 0.414. The van der Waals surface area contributed by atoms with Crippen molar-refractivity contribution >= 4 is 25.5 Å². The quantitative estimate of drug-likeness (QED) is 0.577. The third kappa shape index (κ3) is 4.20. The van der Waals surface area contributed by atoms with Gasteiger partial charge in [-0.05, 0) is 61.0 Å². The average molecular weight is 434 g/mol. The second kappa shape index (κ2) is 7.76. The Morgan fingerprint density at radius 2 is 1.48 bits per heavy atom. The molecule has 0 amide bonds. The molecule has 0 aromatic heterocycles. The van der Waals surface area contributed by atoms with Crippen molar-refractivity contribution in [2.75, 3.05) is 11.8 Å². The Kier molecular flexibility index (Phi) is 5.54. The summed E-state index contributed by atoms with van der Waals surface area (Å²) in [4.78, 5) is -0.421. The normalized spacial score (nSPS) is 11.8. The van der Waals surface area contributed by atoms with Crippen LogP contribution in [-0.4, -0.2) is 29.1 Å². The first kappa shape index (κ1) is 20.7. The predicted octanol–water partition coefficient (Wildman–Crippen LogP) is 3.34. The summed E-state index contributed by atoms with van der Waals surface area (Å²) in [6.07, 6.45) is 0. The van der Waals surface area contributed by atoms with Crippen LogP contribution in [0.2, 0.25) is 0 Å². The van der Waals surface area contributed by atoms with Gasteiger partial charge in [0, 0.05) is 0 Å². The van der Waals surface area contributed by atoms with Crippen LogP contribution in [-0.2, 0) is 19.9 Å². The Bertz CT molecular complexity index is 1240. The van der Waals surface area contributed by atoms with E-state index in [0.29, 0.717) is 5.75 Å². The second-order valence-electron chi connectivity index (χ2n) is 6.24. The SMILES string of the molecule is COc1ccc(S(=O)(=O)c2cc(NS(=O)(=O)c3ccccc3)cc(C)c2O)cc1. The monoisotopic (exact) mass is 433 g/mol. The number of phenolic OH excluding ortho intramolecular Hbond substituents is 1. The first-order valence-electron chi connectivity index (χ1n) is 8.46. The van der Waals surface area contributed by atoms with E-state index in [0.717, 1.165) is 6.07 Å². The van der Waals surface area contributed by atoms with E-state index < -0.39 is 30.5 Å². The fraction of sp³-hybridized carbons (Fsp3) is 0.100. The van der Waals surface area contributed by atoms with Crippen molar-refractivity contribution < 1.29 is 26.7 Å². The Labute approximate surface area is 169 Å². The molecule has 7 nitrogen and oxygen atoms in total. The molecule has 0 atom stereocenters. The van der Waals surface area contributed by atoms with E-state index in [9.17, 15) is 21.9 Å². The van der Waals surface area contributed by atoms with Crippen LogP contribution in [0.15, 0.2) is 81.4 Å². The maximum Gasteiger partial charge on any atom is 0.261 e. The van der Waals surface area contributed by atoms with Crippen LogP contribution in [0.3, 0.4) is 0 Å². The number of aryl methyl sites for hydroxylation is 1. The zero-order chi connectivity index (χ0) is 21.2. The molecule has 0 radical (unpaired) electrons. The summed E-state index contributed by atoms with van der Waals surface area (Å²) < 4.78 is 58.5. The highest BCUT2D eigenvalue weighted by Gasteiger charge is 2.25. The molecule has 29 heavy (non-hydrogen) atoms. The number of nitrogens with one attached hydrogen (secondary N) is 1. The number of rotatable bonds is 6. The molecule has 0 aliphatic carbocycles. The Balaban J connectivity index is 2.06. The highest BCUT2D eigenvalue weighted by atomic mass is 32.2. The van der Waals surface area contributed by atoms with Gasteiger partial charge in [-0.15, -0.1) is 0 Å². The summed E-state index contributed by atoms with van der Waals surface area (Å²) in [6, 6.07) is 15.8. The molecule has 0 heterocycles. The van der Waals surface area contributed by atoms with E-state index in [1.54, 1.807) is 18.2 Å². The van der Waals surface area contributed by atoms with E-state index in [4.69, 9.17) is 4.74 Å². The third-order valence-electron chi connectivity index (χ3n) is 4.23. The number of phenols is 1. The van der Waals surface area contributed by atoms with Crippen molar-refractivity contribution in [3.8, 4) is 11.5 Å². The number of anilines is 1. The van der Waals surface area contributed by atoms with Gasteiger partial charge in [-0.1, -0.05) is 18.2 Å². The summed E-state index contributed by atoms with van der Waals surface area (Å²) in [5, 5.41) is 10.4. The van der Waals surface area contributed by atoms with E-state index in [-0.39, 0.29) is 21.0 Å². The van der Waals surface area contributed by atoms with Gasteiger partial charge < -0.3 is 9.84 Å². The first-order chi connectivity index (χ1) is 13.6. The van der Waals surface area contributed by atoms with Crippen molar-refractivity contribution in [1.29, 1.82) is 0 Å². The van der Waals surface area contributed by atoms with Gasteiger partial charge >= 0.3 is 0 Å². The number of benzene rings is 3. The van der Waals surface area contributed by atoms with Crippen LogP contribution in [0, 0.1) is 6.92 Å². The predicted molar refractivity (Wildman–Crippen MR) is 109 cm³/mol. The molecular weight excluding hydrogens is 414 g/mol. The molecule has 0 bridgehead atoms. The number of hydrogen-bond donors (Lipinski definition) is 2. The lowest BCUT2D eigenvalue weighted by atomic mass is 10.2. The van der Waals surface area contributed by atoms with Crippen LogP contribution < -0.4 is 9.46 Å². The molecule has 3 aromatic carbocycles. The van der Waals surface area contributed by atoms with E-state index in [1.807, 2.05) is 0 Å². The van der Waals surface area contributed by atoms with E-state index >= 15 is 0 Å². The fourth-order valence-electron chi connectivity index (χ4n) is 2.71. The number of sulfone groups is 1. The average Bonchev–Trinajstić information content (AvgIpc) is 2.71. The van der Waals surface area contributed by atoms with Gasteiger partial charge in [0.1, 0.15) is 16.4 Å². The van der Waals surface area contributed by atoms with Crippen LogP contribution in [0.1, 0.15) is 5.56 Å². The Morgan fingerprint density at radius 1 is 0.862 bits per heavy atom. The minimum Gasteiger partial charge on any atom is -0.506 e. The number of methoxy groups -OCH3 is 1. The highest BCUT2D eigenvalue weighted by Crippen LogP contribution is 2.35. The molecule has 0 aliphatic rings. The molecule has 2 N–H and O–H groups in total. The summed E-state index contributed by atoms with van der Waals surface area (Å²) in [7, 11) is -6.56. The van der Waals surface area contributed by atoms with Gasteiger partial charge in [0.2, 0.25) is 9.84 Å². The second-order valence-corrected chi connectivity index (χ2v) is 9.84. The smallest absolute Gasteiger partial charge is 0.261 e. The largest absolute Gasteiger partial charge is 0.506 e. The summed E-state index contributed by atoms with van der Waals surface area (Å²) in [6.45, 7) is 1.49. The fourth-order valence-corrected chi connectivity index (χ4v) is 5.21. The third-order valence-corrected chi connectivity index (χ3v) is 7.41. The minimum absolute atomic E-state index is 0.0243. The number of aromatic hydroxyl groups is 1. The molecule has 3 aromatic rings. The Morgan fingerprint density at radius 3 is 2.07 bits per heavy atom. The van der Waals surface area contributed by atoms with Gasteiger partial charge in [0.15, 0.2) is 0 Å². The van der Waals surface area contributed by atoms with Gasteiger partial charge in [0.25, 0.3) is 10.0 Å². The number of ether oxygens (including phenoxy) is 1. The van der Waals surface area contributed by atoms with Crippen LogP contribution in [0.5, 0.6) is 11.5 Å². The van der Waals surface area contributed by atoms with Crippen molar-refractivity contribution in [3.05, 3.63) is 72.3 Å². The van der Waals surface area contributed by atoms with Crippen molar-refractivity contribution in [3.63, 3.8) is 0 Å². The van der Waals surface area contributed by atoms with Crippen LogP contribution in [0.4, 0.5) is 5.69 Å². The molecule has 3 rings (SSSR count). The molecule has 0 unspecified atom stereocenters. The molecule has 152 valence electrons.